The summed E-state index contributed by atoms with van der Waals surface area (Å²) in [6.45, 7) is 7.76. The predicted octanol–water partition coefficient (Wildman–Crippen LogP) is 13.9. The van der Waals surface area contributed by atoms with Crippen LogP contribution >= 0.6 is 0 Å². The van der Waals surface area contributed by atoms with E-state index in [1.165, 1.54) is 6.07 Å². The largest absolute Gasteiger partial charge is 0.418 e. The lowest BCUT2D eigenvalue weighted by Crippen LogP contribution is -2.12. The van der Waals surface area contributed by atoms with Crippen LogP contribution in [-0.2, 0) is 6.18 Å². The molecule has 11 aromatic rings. The van der Waals surface area contributed by atoms with E-state index in [9.17, 15) is 15.8 Å². The number of halogens is 3. The highest BCUT2D eigenvalue weighted by Gasteiger charge is 2.37. The van der Waals surface area contributed by atoms with Crippen molar-refractivity contribution in [1.82, 2.24) is 24.1 Å². The second kappa shape index (κ2) is 16.0. The van der Waals surface area contributed by atoms with Gasteiger partial charge in [0.15, 0.2) is 23.2 Å². The molecule has 0 fully saturated rings. The van der Waals surface area contributed by atoms with Gasteiger partial charge in [-0.15, -0.1) is 0 Å². The van der Waals surface area contributed by atoms with E-state index in [1.54, 1.807) is 77.4 Å². The molecule has 68 heavy (non-hydrogen) atoms. The summed E-state index contributed by atoms with van der Waals surface area (Å²) in [6.07, 6.45) is -4.85. The zero-order chi connectivity index (χ0) is 46.7. The maximum Gasteiger partial charge on any atom is 0.418 e. The van der Waals surface area contributed by atoms with E-state index in [2.05, 4.69) is 23.1 Å². The van der Waals surface area contributed by atoms with Crippen molar-refractivity contribution in [3.05, 3.63) is 204 Å². The third kappa shape index (κ3) is 6.73. The molecular weight excluding hydrogens is 856 g/mol. The third-order valence-corrected chi connectivity index (χ3v) is 12.1. The SMILES string of the molecule is [C-]#[N+]c1ccc2c(c1)c1cc(C#N)ccc1n2-c1ccc(-c2cccc(C(F)(F)F)c2-n2c3ccc(C#N)cc3c3cc(C#N)ccc32)c(-c2nc(-c3ccccc3)nc(-c3ccccc3)n2)c1. The normalized spacial score (nSPS) is 11.4. The van der Waals surface area contributed by atoms with Crippen molar-refractivity contribution in [2.24, 2.45) is 0 Å². The average molecular weight is 884 g/mol. The van der Waals surface area contributed by atoms with Gasteiger partial charge in [0.05, 0.1) is 74.8 Å². The second-order valence-electron chi connectivity index (χ2n) is 16.0. The molecule has 318 valence electrons. The summed E-state index contributed by atoms with van der Waals surface area (Å²) in [7, 11) is 0. The number of hydrogen-bond donors (Lipinski definition) is 0. The molecule has 0 spiro atoms. The van der Waals surface area contributed by atoms with Gasteiger partial charge < -0.3 is 9.13 Å². The molecule has 0 aliphatic carbocycles. The standard InChI is InChI=1S/C56H28F3N9/c1-63-38-18-24-49-45(28-38)44-27-33(30-60)15-21-48(44)67(49)39-19-20-40(46(29-39)55-65-53(36-9-4-2-5-10-36)64-54(66-55)37-11-6-3-7-12-37)41-13-8-14-47(56(57,58)59)52(41)68-50-22-16-34(31-61)25-42(50)43-26-35(32-62)17-23-51(43)68/h2-29H. The van der Waals surface area contributed by atoms with Gasteiger partial charge in [0.2, 0.25) is 0 Å². The van der Waals surface area contributed by atoms with Crippen LogP contribution in [0.15, 0.2) is 170 Å². The van der Waals surface area contributed by atoms with Gasteiger partial charge >= 0.3 is 6.18 Å². The summed E-state index contributed by atoms with van der Waals surface area (Å²) in [6, 6.07) is 55.0. The number of benzene rings is 8. The molecule has 8 aromatic carbocycles. The Morgan fingerprint density at radius 3 is 1.44 bits per heavy atom. The van der Waals surface area contributed by atoms with Gasteiger partial charge in [-0.25, -0.2) is 19.8 Å². The zero-order valence-corrected chi connectivity index (χ0v) is 35.3. The first-order chi connectivity index (χ1) is 33.1. The molecule has 0 amide bonds. The number of aromatic nitrogens is 5. The summed E-state index contributed by atoms with van der Waals surface area (Å²) >= 11 is 0. The Morgan fingerprint density at radius 2 is 0.941 bits per heavy atom. The number of nitriles is 3. The predicted molar refractivity (Wildman–Crippen MR) is 256 cm³/mol. The van der Waals surface area contributed by atoms with E-state index in [0.717, 1.165) is 27.9 Å². The number of hydrogen-bond acceptors (Lipinski definition) is 6. The summed E-state index contributed by atoms with van der Waals surface area (Å²) < 4.78 is 50.8. The van der Waals surface area contributed by atoms with Gasteiger partial charge in [-0.05, 0) is 95.9 Å². The second-order valence-corrected chi connectivity index (χ2v) is 16.0. The Labute approximate surface area is 385 Å². The van der Waals surface area contributed by atoms with E-state index in [1.807, 2.05) is 89.5 Å². The first kappa shape index (κ1) is 40.9. The quantitative estimate of drug-likeness (QED) is 0.153. The Kier molecular flexibility index (Phi) is 9.60. The van der Waals surface area contributed by atoms with Crippen LogP contribution in [0.5, 0.6) is 0 Å². The van der Waals surface area contributed by atoms with E-state index in [4.69, 9.17) is 21.5 Å². The number of rotatable bonds is 6. The molecule has 0 N–H and O–H groups in total. The molecule has 0 saturated carbocycles. The molecular formula is C56H28F3N9. The first-order valence-electron chi connectivity index (χ1n) is 21.1. The van der Waals surface area contributed by atoms with E-state index < -0.39 is 11.7 Å². The fourth-order valence-electron chi connectivity index (χ4n) is 9.08. The lowest BCUT2D eigenvalue weighted by Gasteiger charge is -2.22. The van der Waals surface area contributed by atoms with Gasteiger partial charge in [-0.1, -0.05) is 84.9 Å². The highest BCUT2D eigenvalue weighted by molar-refractivity contribution is 6.12. The lowest BCUT2D eigenvalue weighted by atomic mass is 9.94. The minimum atomic E-state index is -4.85. The first-order valence-corrected chi connectivity index (χ1v) is 21.1. The van der Waals surface area contributed by atoms with Crippen LogP contribution in [0.25, 0.3) is 105 Å². The highest BCUT2D eigenvalue weighted by Crippen LogP contribution is 2.46. The maximum atomic E-state index is 15.8. The van der Waals surface area contributed by atoms with Crippen molar-refractivity contribution in [1.29, 1.82) is 15.8 Å². The van der Waals surface area contributed by atoms with Gasteiger partial charge in [0.25, 0.3) is 0 Å². The van der Waals surface area contributed by atoms with Crippen molar-refractivity contribution in [3.8, 4) is 74.9 Å². The number of alkyl halides is 3. The van der Waals surface area contributed by atoms with Crippen molar-refractivity contribution in [2.45, 2.75) is 6.18 Å². The molecule has 0 bridgehead atoms. The molecule has 11 rings (SSSR count). The monoisotopic (exact) mass is 883 g/mol. The van der Waals surface area contributed by atoms with Gasteiger partial charge in [0.1, 0.15) is 0 Å². The Bertz CT molecular complexity index is 3870. The molecule has 0 aliphatic heterocycles. The Morgan fingerprint density at radius 1 is 0.456 bits per heavy atom. The van der Waals surface area contributed by atoms with E-state index >= 15 is 13.2 Å². The van der Waals surface area contributed by atoms with Gasteiger partial charge in [0, 0.05) is 44.1 Å². The Hall–Kier alpha value is -9.88. The van der Waals surface area contributed by atoms with Crippen LogP contribution in [0.2, 0.25) is 0 Å². The van der Waals surface area contributed by atoms with Crippen molar-refractivity contribution >= 4 is 49.3 Å². The fraction of sp³-hybridized carbons (Fsp3) is 0.0179. The fourth-order valence-corrected chi connectivity index (χ4v) is 9.08. The maximum absolute atomic E-state index is 15.8. The third-order valence-electron chi connectivity index (χ3n) is 12.1. The van der Waals surface area contributed by atoms with Crippen LogP contribution in [0, 0.1) is 40.6 Å². The van der Waals surface area contributed by atoms with Crippen LogP contribution < -0.4 is 0 Å². The Balaban J connectivity index is 1.28. The molecule has 0 unspecified atom stereocenters. The lowest BCUT2D eigenvalue weighted by molar-refractivity contribution is -0.137. The molecule has 0 radical (unpaired) electrons. The van der Waals surface area contributed by atoms with Crippen LogP contribution in [0.4, 0.5) is 18.9 Å². The summed E-state index contributed by atoms with van der Waals surface area (Å²) in [5.74, 6) is 0.860. The molecule has 12 heteroatoms. The van der Waals surface area contributed by atoms with Crippen LogP contribution in [0.1, 0.15) is 22.3 Å². The molecule has 3 aromatic heterocycles. The van der Waals surface area contributed by atoms with Crippen molar-refractivity contribution in [2.75, 3.05) is 0 Å². The number of para-hydroxylation sites is 1. The molecule has 3 heterocycles. The smallest absolute Gasteiger partial charge is 0.309 e. The van der Waals surface area contributed by atoms with E-state index in [0.29, 0.717) is 83.8 Å². The molecule has 0 saturated heterocycles. The molecule has 0 aliphatic rings. The number of fused-ring (bicyclic) bond motifs is 6. The van der Waals surface area contributed by atoms with Crippen molar-refractivity contribution < 1.29 is 13.2 Å². The summed E-state index contributed by atoms with van der Waals surface area (Å²) in [5.41, 5.74) is 5.50. The topological polar surface area (TPSA) is 124 Å². The number of nitrogens with zero attached hydrogens (tertiary/aromatic N) is 9. The van der Waals surface area contributed by atoms with Crippen molar-refractivity contribution in [3.63, 3.8) is 0 Å². The highest BCUT2D eigenvalue weighted by atomic mass is 19.4. The van der Waals surface area contributed by atoms with E-state index in [-0.39, 0.29) is 17.1 Å². The van der Waals surface area contributed by atoms with Crippen LogP contribution in [-0.4, -0.2) is 24.1 Å². The molecule has 9 nitrogen and oxygen atoms in total. The minimum Gasteiger partial charge on any atom is -0.309 e. The average Bonchev–Trinajstić information content (AvgIpc) is 3.89. The van der Waals surface area contributed by atoms with Gasteiger partial charge in [-0.2, -0.15) is 29.0 Å². The summed E-state index contributed by atoms with van der Waals surface area (Å²) in [4.78, 5) is 18.8. The summed E-state index contributed by atoms with van der Waals surface area (Å²) in [5, 5.41) is 32.2. The van der Waals surface area contributed by atoms with Crippen LogP contribution in [0.3, 0.4) is 0 Å². The molecule has 0 atom stereocenters. The minimum absolute atomic E-state index is 0.181. The van der Waals surface area contributed by atoms with Gasteiger partial charge in [-0.3, -0.25) is 0 Å². The zero-order valence-electron chi connectivity index (χ0n) is 35.3.